The molecule has 0 spiro atoms. The summed E-state index contributed by atoms with van der Waals surface area (Å²) in [4.78, 5) is 13.3. The molecule has 0 aromatic carbocycles. The highest BCUT2D eigenvalue weighted by molar-refractivity contribution is 5.73. The van der Waals surface area contributed by atoms with Crippen molar-refractivity contribution in [2.75, 3.05) is 46.3 Å². The van der Waals surface area contributed by atoms with Crippen LogP contribution in [-0.4, -0.2) is 57.2 Å². The second-order valence-electron chi connectivity index (χ2n) is 4.10. The Hall–Kier alpha value is -0.810. The van der Waals surface area contributed by atoms with Crippen molar-refractivity contribution in [2.24, 2.45) is 0 Å². The molecule has 3 N–H and O–H groups in total. The fourth-order valence-corrected chi connectivity index (χ4v) is 1.68. The van der Waals surface area contributed by atoms with Gasteiger partial charge >= 0.3 is 6.03 Å². The first-order valence-electron chi connectivity index (χ1n) is 6.63. The van der Waals surface area contributed by atoms with Gasteiger partial charge in [-0.05, 0) is 25.9 Å². The fourth-order valence-electron chi connectivity index (χ4n) is 1.68. The summed E-state index contributed by atoms with van der Waals surface area (Å²) in [5.74, 6) is 0. The van der Waals surface area contributed by atoms with Crippen LogP contribution in [0, 0.1) is 0 Å². The molecule has 0 fully saturated rings. The molecule has 17 heavy (non-hydrogen) atoms. The van der Waals surface area contributed by atoms with E-state index >= 15 is 0 Å². The van der Waals surface area contributed by atoms with Gasteiger partial charge in [-0.2, -0.15) is 0 Å². The second-order valence-corrected chi connectivity index (χ2v) is 4.10. The number of carbonyl (C=O) groups is 1. The number of carbonyl (C=O) groups excluding carboxylic acids is 1. The van der Waals surface area contributed by atoms with Gasteiger partial charge in [0.25, 0.3) is 0 Å². The Morgan fingerprint density at radius 2 is 1.65 bits per heavy atom. The molecule has 0 atom stereocenters. The average molecular weight is 244 g/mol. The number of hydrogen-bond acceptors (Lipinski definition) is 3. The third-order valence-corrected chi connectivity index (χ3v) is 2.50. The first kappa shape index (κ1) is 16.2. The Morgan fingerprint density at radius 1 is 1.00 bits per heavy atom. The quantitative estimate of drug-likeness (QED) is 0.494. The minimum Gasteiger partial charge on any atom is -0.341 e. The zero-order chi connectivity index (χ0) is 12.9. The van der Waals surface area contributed by atoms with E-state index in [1.54, 1.807) is 7.05 Å². The molecule has 0 heterocycles. The summed E-state index contributed by atoms with van der Waals surface area (Å²) >= 11 is 0. The molecule has 5 nitrogen and oxygen atoms in total. The third kappa shape index (κ3) is 10.1. The van der Waals surface area contributed by atoms with Gasteiger partial charge in [-0.1, -0.05) is 13.8 Å². The van der Waals surface area contributed by atoms with Crippen LogP contribution >= 0.6 is 0 Å². The Kier molecular flexibility index (Phi) is 11.1. The molecule has 0 aliphatic heterocycles. The number of rotatable bonds is 10. The molecule has 0 unspecified atom stereocenters. The Labute approximate surface area is 105 Å². The lowest BCUT2D eigenvalue weighted by atomic mass is 10.3. The first-order valence-corrected chi connectivity index (χ1v) is 6.63. The lowest BCUT2D eigenvalue weighted by Gasteiger charge is -2.20. The first-order chi connectivity index (χ1) is 8.24. The van der Waals surface area contributed by atoms with Crippen LogP contribution < -0.4 is 16.0 Å². The summed E-state index contributed by atoms with van der Waals surface area (Å²) in [5, 5.41) is 8.59. The summed E-state index contributed by atoms with van der Waals surface area (Å²) in [6.45, 7) is 10.3. The second kappa shape index (κ2) is 11.7. The van der Waals surface area contributed by atoms with Crippen LogP contribution in [0.4, 0.5) is 4.79 Å². The van der Waals surface area contributed by atoms with Crippen molar-refractivity contribution in [3.05, 3.63) is 0 Å². The highest BCUT2D eigenvalue weighted by Crippen LogP contribution is 1.92. The fraction of sp³-hybridized carbons (Fsp3) is 0.917. The molecule has 0 radical (unpaired) electrons. The van der Waals surface area contributed by atoms with Gasteiger partial charge in [0.1, 0.15) is 0 Å². The summed E-state index contributed by atoms with van der Waals surface area (Å²) in [5.41, 5.74) is 0. The van der Waals surface area contributed by atoms with E-state index in [2.05, 4.69) is 34.7 Å². The normalized spacial score (nSPS) is 10.6. The molecular weight excluding hydrogens is 216 g/mol. The molecule has 0 aliphatic carbocycles. The molecule has 0 bridgehead atoms. The van der Waals surface area contributed by atoms with Crippen molar-refractivity contribution in [1.82, 2.24) is 20.9 Å². The van der Waals surface area contributed by atoms with Crippen LogP contribution in [0.25, 0.3) is 0 Å². The summed E-state index contributed by atoms with van der Waals surface area (Å²) in [6, 6.07) is -0.120. The van der Waals surface area contributed by atoms with Crippen molar-refractivity contribution in [1.29, 1.82) is 0 Å². The lowest BCUT2D eigenvalue weighted by molar-refractivity contribution is 0.242. The molecule has 5 heteroatoms. The van der Waals surface area contributed by atoms with Crippen molar-refractivity contribution in [3.8, 4) is 0 Å². The maximum absolute atomic E-state index is 10.9. The van der Waals surface area contributed by atoms with E-state index in [9.17, 15) is 4.79 Å². The average Bonchev–Trinajstić information content (AvgIpc) is 2.33. The number of amides is 2. The van der Waals surface area contributed by atoms with Gasteiger partial charge in [-0.3, -0.25) is 0 Å². The monoisotopic (exact) mass is 244 g/mol. The highest BCUT2D eigenvalue weighted by Gasteiger charge is 2.01. The summed E-state index contributed by atoms with van der Waals surface area (Å²) in [6.07, 6.45) is 2.41. The maximum Gasteiger partial charge on any atom is 0.314 e. The van der Waals surface area contributed by atoms with Gasteiger partial charge in [0.2, 0.25) is 0 Å². The van der Waals surface area contributed by atoms with Gasteiger partial charge in [0.05, 0.1) is 0 Å². The lowest BCUT2D eigenvalue weighted by Crippen LogP contribution is -2.39. The number of nitrogens with zero attached hydrogens (tertiary/aromatic N) is 1. The van der Waals surface area contributed by atoms with E-state index in [0.29, 0.717) is 6.54 Å². The highest BCUT2D eigenvalue weighted by atomic mass is 16.2. The maximum atomic E-state index is 10.9. The van der Waals surface area contributed by atoms with E-state index in [4.69, 9.17) is 0 Å². The molecule has 0 aliphatic rings. The van der Waals surface area contributed by atoms with Crippen LogP contribution in [0.2, 0.25) is 0 Å². The Bertz CT molecular complexity index is 181. The minimum atomic E-state index is -0.120. The number of hydrogen-bond donors (Lipinski definition) is 3. The van der Waals surface area contributed by atoms with Gasteiger partial charge < -0.3 is 20.9 Å². The minimum absolute atomic E-state index is 0.120. The smallest absolute Gasteiger partial charge is 0.314 e. The molecular formula is C12H28N4O. The SMILES string of the molecule is CCCN(CCC)CCNCCNC(=O)NC. The molecule has 0 saturated carbocycles. The predicted molar refractivity (Wildman–Crippen MR) is 72.4 cm³/mol. The largest absolute Gasteiger partial charge is 0.341 e. The predicted octanol–water partition coefficient (Wildman–Crippen LogP) is 0.627. The van der Waals surface area contributed by atoms with Crippen LogP contribution in [0.3, 0.4) is 0 Å². The van der Waals surface area contributed by atoms with E-state index < -0.39 is 0 Å². The molecule has 0 rings (SSSR count). The van der Waals surface area contributed by atoms with Crippen molar-refractivity contribution in [2.45, 2.75) is 26.7 Å². The third-order valence-electron chi connectivity index (χ3n) is 2.50. The molecule has 2 amide bonds. The van der Waals surface area contributed by atoms with Crippen LogP contribution in [0.1, 0.15) is 26.7 Å². The van der Waals surface area contributed by atoms with E-state index in [-0.39, 0.29) is 6.03 Å². The topological polar surface area (TPSA) is 56.4 Å². The molecule has 0 saturated heterocycles. The summed E-state index contributed by atoms with van der Waals surface area (Å²) < 4.78 is 0. The van der Waals surface area contributed by atoms with E-state index in [0.717, 1.165) is 19.6 Å². The zero-order valence-corrected chi connectivity index (χ0v) is 11.5. The Morgan fingerprint density at radius 3 is 2.18 bits per heavy atom. The molecule has 0 aromatic heterocycles. The van der Waals surface area contributed by atoms with E-state index in [1.165, 1.54) is 25.9 Å². The molecule has 0 aromatic rings. The number of nitrogens with one attached hydrogen (secondary N) is 3. The zero-order valence-electron chi connectivity index (χ0n) is 11.5. The van der Waals surface area contributed by atoms with Crippen molar-refractivity contribution >= 4 is 6.03 Å². The van der Waals surface area contributed by atoms with Crippen molar-refractivity contribution in [3.63, 3.8) is 0 Å². The standard InChI is InChI=1S/C12H28N4O/c1-4-9-16(10-5-2)11-8-14-6-7-15-12(17)13-3/h14H,4-11H2,1-3H3,(H2,13,15,17). The number of urea groups is 1. The van der Waals surface area contributed by atoms with Crippen LogP contribution in [0.15, 0.2) is 0 Å². The van der Waals surface area contributed by atoms with Gasteiger partial charge in [0, 0.05) is 33.2 Å². The Balaban J connectivity index is 3.38. The van der Waals surface area contributed by atoms with Crippen LogP contribution in [-0.2, 0) is 0 Å². The van der Waals surface area contributed by atoms with Gasteiger partial charge in [-0.15, -0.1) is 0 Å². The van der Waals surface area contributed by atoms with Crippen molar-refractivity contribution < 1.29 is 4.79 Å². The summed E-state index contributed by atoms with van der Waals surface area (Å²) in [7, 11) is 1.62. The van der Waals surface area contributed by atoms with Gasteiger partial charge in [0.15, 0.2) is 0 Å². The van der Waals surface area contributed by atoms with E-state index in [1.807, 2.05) is 0 Å². The molecule has 102 valence electrons. The van der Waals surface area contributed by atoms with Gasteiger partial charge in [-0.25, -0.2) is 4.79 Å². The van der Waals surface area contributed by atoms with Crippen LogP contribution in [0.5, 0.6) is 0 Å².